The summed E-state index contributed by atoms with van der Waals surface area (Å²) in [6.45, 7) is 1.87. The fourth-order valence-corrected chi connectivity index (χ4v) is 2.44. The molecule has 0 saturated heterocycles. The van der Waals surface area contributed by atoms with Gasteiger partial charge in [-0.25, -0.2) is 4.79 Å². The number of aryl methyl sites for hydroxylation is 1. The van der Waals surface area contributed by atoms with E-state index in [0.29, 0.717) is 12.1 Å². The maximum atomic E-state index is 11.6. The van der Waals surface area contributed by atoms with Crippen molar-refractivity contribution in [2.24, 2.45) is 0 Å². The second-order valence-electron chi connectivity index (χ2n) is 3.93. The first-order valence-electron chi connectivity index (χ1n) is 5.59. The third-order valence-corrected chi connectivity index (χ3v) is 3.45. The topological polar surface area (TPSA) is 75.1 Å². The van der Waals surface area contributed by atoms with Crippen LogP contribution in [0.4, 0.5) is 0 Å². The van der Waals surface area contributed by atoms with Gasteiger partial charge in [0.1, 0.15) is 6.61 Å². The van der Waals surface area contributed by atoms with Crippen LogP contribution < -0.4 is 11.2 Å². The molecule has 0 aliphatic heterocycles. The molecular formula is C13H12N2O3S. The Labute approximate surface area is 113 Å². The molecule has 2 heterocycles. The minimum atomic E-state index is -0.424. The lowest BCUT2D eigenvalue weighted by molar-refractivity contribution is 0.350. The lowest BCUT2D eigenvalue weighted by atomic mass is 10.3. The Hall–Kier alpha value is -2.10. The molecule has 0 aliphatic rings. The van der Waals surface area contributed by atoms with Gasteiger partial charge in [-0.1, -0.05) is 11.8 Å². The summed E-state index contributed by atoms with van der Waals surface area (Å²) in [5.74, 6) is 5.38. The van der Waals surface area contributed by atoms with Gasteiger partial charge in [-0.05, 0) is 19.1 Å². The monoisotopic (exact) mass is 276 g/mol. The van der Waals surface area contributed by atoms with E-state index >= 15 is 0 Å². The molecule has 2 N–H and O–H groups in total. The summed E-state index contributed by atoms with van der Waals surface area (Å²) in [5, 5.41) is 8.61. The van der Waals surface area contributed by atoms with Crippen molar-refractivity contribution >= 4 is 11.3 Å². The van der Waals surface area contributed by atoms with Crippen molar-refractivity contribution in [3.8, 4) is 11.8 Å². The zero-order valence-corrected chi connectivity index (χ0v) is 11.1. The van der Waals surface area contributed by atoms with E-state index in [9.17, 15) is 9.59 Å². The predicted molar refractivity (Wildman–Crippen MR) is 73.4 cm³/mol. The Kier molecular flexibility index (Phi) is 4.00. The largest absolute Gasteiger partial charge is 0.384 e. The fourth-order valence-electron chi connectivity index (χ4n) is 1.56. The van der Waals surface area contributed by atoms with E-state index in [-0.39, 0.29) is 12.2 Å². The molecule has 98 valence electrons. The standard InChI is InChI=1S/C13H12N2O3S/c1-9-7-15(13(18)14-12(9)17)8-11-5-4-10(19-11)3-2-6-16/h4-5,7,16H,6,8H2,1H3,(H,14,17,18). The number of aromatic nitrogens is 2. The number of nitrogens with zero attached hydrogens (tertiary/aromatic N) is 1. The second kappa shape index (κ2) is 5.69. The Morgan fingerprint density at radius 3 is 2.95 bits per heavy atom. The van der Waals surface area contributed by atoms with Crippen LogP contribution >= 0.6 is 11.3 Å². The van der Waals surface area contributed by atoms with E-state index < -0.39 is 5.69 Å². The van der Waals surface area contributed by atoms with Gasteiger partial charge in [0, 0.05) is 16.6 Å². The van der Waals surface area contributed by atoms with E-state index in [4.69, 9.17) is 5.11 Å². The van der Waals surface area contributed by atoms with Crippen molar-refractivity contribution in [1.82, 2.24) is 9.55 Å². The molecule has 0 atom stereocenters. The van der Waals surface area contributed by atoms with Crippen molar-refractivity contribution in [3.63, 3.8) is 0 Å². The number of nitrogens with one attached hydrogen (secondary N) is 1. The van der Waals surface area contributed by atoms with Crippen LogP contribution in [-0.4, -0.2) is 21.3 Å². The molecule has 19 heavy (non-hydrogen) atoms. The summed E-state index contributed by atoms with van der Waals surface area (Å²) in [6.07, 6.45) is 1.54. The highest BCUT2D eigenvalue weighted by atomic mass is 32.1. The molecule has 0 aromatic carbocycles. The van der Waals surface area contributed by atoms with Crippen molar-refractivity contribution < 1.29 is 5.11 Å². The lowest BCUT2D eigenvalue weighted by Crippen LogP contribution is -2.30. The number of aliphatic hydroxyl groups is 1. The molecule has 0 spiro atoms. The van der Waals surface area contributed by atoms with Gasteiger partial charge in [-0.2, -0.15) is 0 Å². The van der Waals surface area contributed by atoms with Gasteiger partial charge in [0.25, 0.3) is 5.56 Å². The number of H-pyrrole nitrogens is 1. The Morgan fingerprint density at radius 1 is 1.42 bits per heavy atom. The maximum Gasteiger partial charge on any atom is 0.328 e. The third-order valence-electron chi connectivity index (χ3n) is 2.47. The molecule has 0 radical (unpaired) electrons. The quantitative estimate of drug-likeness (QED) is 0.775. The Bertz CT molecular complexity index is 758. The fraction of sp³-hybridized carbons (Fsp3) is 0.231. The van der Waals surface area contributed by atoms with E-state index in [1.54, 1.807) is 13.1 Å². The minimum Gasteiger partial charge on any atom is -0.384 e. The molecule has 6 heteroatoms. The van der Waals surface area contributed by atoms with Crippen molar-refractivity contribution in [2.45, 2.75) is 13.5 Å². The molecule has 2 rings (SSSR count). The summed E-state index contributed by atoms with van der Waals surface area (Å²) in [4.78, 5) is 26.9. The molecule has 0 saturated carbocycles. The summed E-state index contributed by atoms with van der Waals surface area (Å²) in [5.41, 5.74) is -0.287. The summed E-state index contributed by atoms with van der Waals surface area (Å²) < 4.78 is 1.45. The number of hydrogen-bond acceptors (Lipinski definition) is 4. The second-order valence-corrected chi connectivity index (χ2v) is 5.09. The third kappa shape index (κ3) is 3.22. The molecule has 0 fully saturated rings. The Morgan fingerprint density at radius 2 is 2.21 bits per heavy atom. The van der Waals surface area contributed by atoms with Crippen LogP contribution in [0, 0.1) is 18.8 Å². The van der Waals surface area contributed by atoms with Gasteiger partial charge in [-0.3, -0.25) is 14.3 Å². The summed E-state index contributed by atoms with van der Waals surface area (Å²) in [7, 11) is 0. The number of aliphatic hydroxyl groups excluding tert-OH is 1. The first kappa shape index (κ1) is 13.3. The van der Waals surface area contributed by atoms with Gasteiger partial charge in [0.15, 0.2) is 0 Å². The smallest absolute Gasteiger partial charge is 0.328 e. The number of thiophene rings is 1. The molecule has 2 aromatic heterocycles. The van der Waals surface area contributed by atoms with Gasteiger partial charge < -0.3 is 5.11 Å². The molecule has 0 amide bonds. The zero-order valence-electron chi connectivity index (χ0n) is 10.3. The zero-order chi connectivity index (χ0) is 13.8. The van der Waals surface area contributed by atoms with Gasteiger partial charge in [0.05, 0.1) is 11.4 Å². The normalized spacial score (nSPS) is 10.0. The van der Waals surface area contributed by atoms with Crippen LogP contribution in [0.3, 0.4) is 0 Å². The molecule has 0 bridgehead atoms. The van der Waals surface area contributed by atoms with Crippen LogP contribution in [0.5, 0.6) is 0 Å². The van der Waals surface area contributed by atoms with E-state index in [1.165, 1.54) is 15.9 Å². The lowest BCUT2D eigenvalue weighted by Gasteiger charge is -2.03. The minimum absolute atomic E-state index is 0.175. The van der Waals surface area contributed by atoms with Gasteiger partial charge in [-0.15, -0.1) is 11.3 Å². The molecular weight excluding hydrogens is 264 g/mol. The number of aromatic amines is 1. The summed E-state index contributed by atoms with van der Waals surface area (Å²) >= 11 is 1.45. The maximum absolute atomic E-state index is 11.6. The van der Waals surface area contributed by atoms with E-state index in [1.807, 2.05) is 12.1 Å². The van der Waals surface area contributed by atoms with Gasteiger partial charge >= 0.3 is 5.69 Å². The van der Waals surface area contributed by atoms with Crippen LogP contribution in [0.15, 0.2) is 27.9 Å². The number of rotatable bonds is 2. The average molecular weight is 276 g/mol. The predicted octanol–water partition coefficient (Wildman–Crippen LogP) is 0.299. The van der Waals surface area contributed by atoms with Crippen LogP contribution in [0.25, 0.3) is 0 Å². The number of hydrogen-bond donors (Lipinski definition) is 2. The summed E-state index contributed by atoms with van der Waals surface area (Å²) in [6, 6.07) is 3.71. The molecule has 0 unspecified atom stereocenters. The van der Waals surface area contributed by atoms with Crippen molar-refractivity contribution in [3.05, 3.63) is 54.5 Å². The first-order valence-corrected chi connectivity index (χ1v) is 6.40. The Balaban J connectivity index is 2.27. The highest BCUT2D eigenvalue weighted by Crippen LogP contribution is 2.15. The van der Waals surface area contributed by atoms with Crippen LogP contribution in [-0.2, 0) is 6.54 Å². The SMILES string of the molecule is Cc1cn(Cc2ccc(C#CCO)s2)c(=O)[nH]c1=O. The van der Waals surface area contributed by atoms with E-state index in [0.717, 1.165) is 9.75 Å². The highest BCUT2D eigenvalue weighted by Gasteiger charge is 2.04. The average Bonchev–Trinajstić information content (AvgIpc) is 2.81. The van der Waals surface area contributed by atoms with Crippen molar-refractivity contribution in [1.29, 1.82) is 0 Å². The van der Waals surface area contributed by atoms with E-state index in [2.05, 4.69) is 16.8 Å². The molecule has 5 nitrogen and oxygen atoms in total. The first-order chi connectivity index (χ1) is 9.10. The van der Waals surface area contributed by atoms with Crippen molar-refractivity contribution in [2.75, 3.05) is 6.61 Å². The molecule has 0 aliphatic carbocycles. The van der Waals surface area contributed by atoms with Gasteiger partial charge in [0.2, 0.25) is 0 Å². The van der Waals surface area contributed by atoms with Crippen LogP contribution in [0.2, 0.25) is 0 Å². The molecule has 2 aromatic rings. The van der Waals surface area contributed by atoms with Crippen LogP contribution in [0.1, 0.15) is 15.3 Å². The highest BCUT2D eigenvalue weighted by molar-refractivity contribution is 7.12.